The summed E-state index contributed by atoms with van der Waals surface area (Å²) in [5, 5.41) is 0.128. The zero-order valence-electron chi connectivity index (χ0n) is 5.20. The summed E-state index contributed by atoms with van der Waals surface area (Å²) in [5.41, 5.74) is 0. The predicted molar refractivity (Wildman–Crippen MR) is 39.5 cm³/mol. The van der Waals surface area contributed by atoms with Gasteiger partial charge in [0, 0.05) is 5.38 Å². The molecule has 0 aromatic heterocycles. The Morgan fingerprint density at radius 3 is 2.12 bits per heavy atom. The minimum absolute atomic E-state index is 0.0293. The molecule has 49 valence electrons. The molecule has 0 nitrogen and oxygen atoms in total. The topological polar surface area (TPSA) is 0 Å². The van der Waals surface area contributed by atoms with Crippen molar-refractivity contribution in [2.45, 2.75) is 31.0 Å². The molecule has 0 amide bonds. The smallest absolute Gasteiger partial charge is 0.0528 e. The van der Waals surface area contributed by atoms with E-state index in [4.69, 9.17) is 23.2 Å². The molecular weight excluding hydrogens is 143 g/mol. The lowest BCUT2D eigenvalue weighted by molar-refractivity contribution is 0.801. The molecular formula is C6H11Cl2. The Balaban J connectivity index is 3.29. The van der Waals surface area contributed by atoms with Crippen LogP contribution in [0.15, 0.2) is 0 Å². The first kappa shape index (κ1) is 8.58. The highest BCUT2D eigenvalue weighted by Crippen LogP contribution is 2.14. The van der Waals surface area contributed by atoms with Gasteiger partial charge >= 0.3 is 0 Å². The van der Waals surface area contributed by atoms with Gasteiger partial charge in [-0.3, -0.25) is 0 Å². The summed E-state index contributed by atoms with van der Waals surface area (Å²) in [6, 6.07) is 0. The zero-order valence-corrected chi connectivity index (χ0v) is 6.71. The van der Waals surface area contributed by atoms with Crippen LogP contribution in [0.2, 0.25) is 0 Å². The van der Waals surface area contributed by atoms with Crippen LogP contribution < -0.4 is 0 Å². The fourth-order valence-electron chi connectivity index (χ4n) is 0.434. The molecule has 0 saturated heterocycles. The summed E-state index contributed by atoms with van der Waals surface area (Å²) in [7, 11) is 0. The van der Waals surface area contributed by atoms with E-state index in [1.54, 1.807) is 0 Å². The maximum atomic E-state index is 5.75. The summed E-state index contributed by atoms with van der Waals surface area (Å²) in [6.45, 7) is 3.94. The summed E-state index contributed by atoms with van der Waals surface area (Å²) in [4.78, 5) is 0. The molecule has 0 bridgehead atoms. The number of hydrogen-bond donors (Lipinski definition) is 0. The van der Waals surface area contributed by atoms with Crippen molar-refractivity contribution < 1.29 is 0 Å². The summed E-state index contributed by atoms with van der Waals surface area (Å²) < 4.78 is 0. The minimum atomic E-state index is 0.0293. The highest BCUT2D eigenvalue weighted by atomic mass is 35.5. The van der Waals surface area contributed by atoms with Crippen LogP contribution in [0.3, 0.4) is 0 Å². The Labute approximate surface area is 61.2 Å². The lowest BCUT2D eigenvalue weighted by atomic mass is 10.2. The third-order valence-electron chi connectivity index (χ3n) is 1.05. The van der Waals surface area contributed by atoms with E-state index in [-0.39, 0.29) is 10.8 Å². The molecule has 0 spiro atoms. The Morgan fingerprint density at radius 2 is 2.00 bits per heavy atom. The van der Waals surface area contributed by atoms with Gasteiger partial charge < -0.3 is 0 Å². The van der Waals surface area contributed by atoms with Gasteiger partial charge in [-0.2, -0.15) is 0 Å². The summed E-state index contributed by atoms with van der Waals surface area (Å²) in [5.74, 6) is 0. The molecule has 0 heterocycles. The van der Waals surface area contributed by atoms with Crippen molar-refractivity contribution in [3.8, 4) is 0 Å². The largest absolute Gasteiger partial charge is 0.121 e. The molecule has 0 aromatic carbocycles. The number of hydrogen-bond acceptors (Lipinski definition) is 0. The molecule has 0 aromatic rings. The second-order valence-electron chi connectivity index (χ2n) is 1.70. The van der Waals surface area contributed by atoms with Gasteiger partial charge in [0.1, 0.15) is 0 Å². The molecule has 2 unspecified atom stereocenters. The minimum Gasteiger partial charge on any atom is -0.121 e. The molecule has 0 saturated carbocycles. The Morgan fingerprint density at radius 1 is 1.50 bits per heavy atom. The van der Waals surface area contributed by atoms with E-state index >= 15 is 0 Å². The molecule has 0 aliphatic carbocycles. The van der Waals surface area contributed by atoms with Crippen molar-refractivity contribution in [1.29, 1.82) is 0 Å². The normalized spacial score (nSPS) is 18.0. The fraction of sp³-hybridized carbons (Fsp3) is 0.833. The van der Waals surface area contributed by atoms with E-state index in [9.17, 15) is 0 Å². The van der Waals surface area contributed by atoms with Crippen LogP contribution >= 0.6 is 23.2 Å². The molecule has 2 atom stereocenters. The van der Waals surface area contributed by atoms with Gasteiger partial charge in [-0.05, 0) is 12.8 Å². The zero-order chi connectivity index (χ0) is 6.57. The maximum absolute atomic E-state index is 5.75. The average molecular weight is 154 g/mol. The molecule has 0 fully saturated rings. The predicted octanol–water partition coefficient (Wildman–Crippen LogP) is 2.84. The van der Waals surface area contributed by atoms with Crippen molar-refractivity contribution in [1.82, 2.24) is 0 Å². The standard InChI is InChI=1S/C6H11Cl2/c1-3-5(7)6(8)4-2/h3,5-6H,4H2,1-2H3. The first-order valence-corrected chi connectivity index (χ1v) is 3.67. The van der Waals surface area contributed by atoms with Crippen LogP contribution in [0.1, 0.15) is 20.3 Å². The van der Waals surface area contributed by atoms with Gasteiger partial charge in [0.15, 0.2) is 0 Å². The number of halogens is 2. The van der Waals surface area contributed by atoms with E-state index in [0.717, 1.165) is 6.42 Å². The lowest BCUT2D eigenvalue weighted by Gasteiger charge is -2.09. The molecule has 8 heavy (non-hydrogen) atoms. The van der Waals surface area contributed by atoms with Crippen molar-refractivity contribution in [3.05, 3.63) is 6.42 Å². The van der Waals surface area contributed by atoms with Gasteiger partial charge in [-0.15, -0.1) is 23.2 Å². The molecule has 0 aliphatic rings. The molecule has 2 heteroatoms. The Kier molecular flexibility index (Phi) is 4.78. The Hall–Kier alpha value is 0.580. The molecule has 0 aliphatic heterocycles. The number of rotatable bonds is 3. The van der Waals surface area contributed by atoms with Crippen molar-refractivity contribution in [2.75, 3.05) is 0 Å². The van der Waals surface area contributed by atoms with E-state index in [2.05, 4.69) is 0 Å². The SMILES string of the molecule is C[CH]C(Cl)C(Cl)CC. The monoisotopic (exact) mass is 153 g/mol. The van der Waals surface area contributed by atoms with Crippen molar-refractivity contribution in [3.63, 3.8) is 0 Å². The second-order valence-corrected chi connectivity index (χ2v) is 2.77. The van der Waals surface area contributed by atoms with Crippen LogP contribution in [-0.4, -0.2) is 10.8 Å². The van der Waals surface area contributed by atoms with Crippen LogP contribution in [-0.2, 0) is 0 Å². The van der Waals surface area contributed by atoms with E-state index in [0.29, 0.717) is 0 Å². The highest BCUT2D eigenvalue weighted by Gasteiger charge is 2.10. The quantitative estimate of drug-likeness (QED) is 0.548. The van der Waals surface area contributed by atoms with Gasteiger partial charge in [0.05, 0.1) is 5.38 Å². The lowest BCUT2D eigenvalue weighted by Crippen LogP contribution is -2.12. The second kappa shape index (κ2) is 4.46. The Bertz CT molecular complexity index is 46.5. The van der Waals surface area contributed by atoms with E-state index in [1.165, 1.54) is 0 Å². The van der Waals surface area contributed by atoms with Crippen LogP contribution in [0, 0.1) is 6.42 Å². The molecule has 0 N–H and O–H groups in total. The summed E-state index contributed by atoms with van der Waals surface area (Å²) in [6.07, 6.45) is 2.84. The summed E-state index contributed by atoms with van der Waals surface area (Å²) >= 11 is 11.5. The van der Waals surface area contributed by atoms with Gasteiger partial charge in [-0.25, -0.2) is 0 Å². The first-order valence-electron chi connectivity index (χ1n) is 2.80. The molecule has 1 radical (unpaired) electrons. The van der Waals surface area contributed by atoms with Crippen molar-refractivity contribution in [2.24, 2.45) is 0 Å². The molecule has 0 rings (SSSR count). The fourth-order valence-corrected chi connectivity index (χ4v) is 0.758. The first-order chi connectivity index (χ1) is 3.72. The van der Waals surface area contributed by atoms with Gasteiger partial charge in [-0.1, -0.05) is 13.8 Å². The van der Waals surface area contributed by atoms with E-state index in [1.807, 2.05) is 20.3 Å². The average Bonchev–Trinajstić information content (AvgIpc) is 1.84. The van der Waals surface area contributed by atoms with Crippen molar-refractivity contribution >= 4 is 23.2 Å². The van der Waals surface area contributed by atoms with Crippen LogP contribution in [0.25, 0.3) is 0 Å². The van der Waals surface area contributed by atoms with E-state index < -0.39 is 0 Å². The maximum Gasteiger partial charge on any atom is 0.0528 e. The highest BCUT2D eigenvalue weighted by molar-refractivity contribution is 6.30. The number of alkyl halides is 2. The van der Waals surface area contributed by atoms with Gasteiger partial charge in [0.2, 0.25) is 0 Å². The third-order valence-corrected chi connectivity index (χ3v) is 2.32. The van der Waals surface area contributed by atoms with Gasteiger partial charge in [0.25, 0.3) is 0 Å². The van der Waals surface area contributed by atoms with Crippen LogP contribution in [0.5, 0.6) is 0 Å². The third kappa shape index (κ3) is 2.78. The van der Waals surface area contributed by atoms with Crippen LogP contribution in [0.4, 0.5) is 0 Å².